The van der Waals surface area contributed by atoms with Crippen molar-refractivity contribution in [3.05, 3.63) is 83.7 Å². The number of hydrazone groups is 1. The van der Waals surface area contributed by atoms with E-state index in [1.165, 1.54) is 47.9 Å². The number of anilines is 2. The zero-order valence-corrected chi connectivity index (χ0v) is 19.9. The third-order valence-corrected chi connectivity index (χ3v) is 6.55. The zero-order valence-electron chi connectivity index (χ0n) is 19.1. The van der Waals surface area contributed by atoms with Gasteiger partial charge in [-0.25, -0.2) is 9.37 Å². The number of benzene rings is 3. The van der Waals surface area contributed by atoms with Crippen LogP contribution < -0.4 is 14.6 Å². The number of rotatable bonds is 6. The maximum Gasteiger partial charge on any atom is 0.280 e. The number of aromatic nitrogens is 1. The van der Waals surface area contributed by atoms with E-state index in [1.54, 1.807) is 37.4 Å². The predicted octanol–water partition coefficient (Wildman–Crippen LogP) is 4.78. The molecule has 0 spiro atoms. The molecule has 0 saturated carbocycles. The maximum absolute atomic E-state index is 13.7. The molecule has 0 bridgehead atoms. The van der Waals surface area contributed by atoms with Crippen molar-refractivity contribution in [3.63, 3.8) is 0 Å². The number of imide groups is 1. The van der Waals surface area contributed by atoms with Gasteiger partial charge in [-0.05, 0) is 54.1 Å². The molecule has 0 unspecified atom stereocenters. The van der Waals surface area contributed by atoms with E-state index in [0.29, 0.717) is 27.6 Å². The zero-order chi connectivity index (χ0) is 25.2. The van der Waals surface area contributed by atoms with Crippen molar-refractivity contribution in [2.75, 3.05) is 17.0 Å². The number of hydrogen-bond donors (Lipinski definition) is 0. The number of carbonyl (C=O) groups excluding carboxylic acids is 3. The van der Waals surface area contributed by atoms with Crippen molar-refractivity contribution in [2.45, 2.75) is 12.8 Å². The summed E-state index contributed by atoms with van der Waals surface area (Å²) in [6.45, 7) is 0. The molecule has 180 valence electrons. The first-order valence-electron chi connectivity index (χ1n) is 11.0. The molecule has 2 heterocycles. The van der Waals surface area contributed by atoms with Crippen molar-refractivity contribution in [1.29, 1.82) is 0 Å². The second-order valence-corrected chi connectivity index (χ2v) is 8.93. The first-order valence-corrected chi connectivity index (χ1v) is 11.8. The molecule has 1 aliphatic heterocycles. The molecule has 1 saturated heterocycles. The molecule has 8 nitrogen and oxygen atoms in total. The lowest BCUT2D eigenvalue weighted by molar-refractivity contribution is -0.121. The Morgan fingerprint density at radius 1 is 1.08 bits per heavy atom. The molecule has 10 heteroatoms. The molecule has 0 radical (unpaired) electrons. The molecule has 1 aliphatic rings. The quantitative estimate of drug-likeness (QED) is 0.215. The summed E-state index contributed by atoms with van der Waals surface area (Å²) in [6, 6.07) is 17.3. The van der Waals surface area contributed by atoms with E-state index in [-0.39, 0.29) is 36.0 Å². The van der Waals surface area contributed by atoms with Crippen molar-refractivity contribution in [3.8, 4) is 5.75 Å². The van der Waals surface area contributed by atoms with E-state index in [0.717, 1.165) is 14.6 Å². The lowest BCUT2D eigenvalue weighted by Crippen LogP contribution is -2.29. The van der Waals surface area contributed by atoms with Gasteiger partial charge in [-0.2, -0.15) is 10.1 Å². The van der Waals surface area contributed by atoms with Crippen LogP contribution in [-0.2, 0) is 9.59 Å². The van der Waals surface area contributed by atoms with Crippen LogP contribution in [0, 0.1) is 5.82 Å². The van der Waals surface area contributed by atoms with Crippen LogP contribution >= 0.6 is 11.3 Å². The number of amides is 3. The van der Waals surface area contributed by atoms with Crippen LogP contribution in [0.4, 0.5) is 15.2 Å². The number of halogens is 1. The normalized spacial score (nSPS) is 13.7. The smallest absolute Gasteiger partial charge is 0.280 e. The average molecular weight is 503 g/mol. The fraction of sp³-hybridized carbons (Fsp3) is 0.115. The number of hydrogen-bond acceptors (Lipinski definition) is 7. The van der Waals surface area contributed by atoms with Gasteiger partial charge in [0, 0.05) is 18.4 Å². The van der Waals surface area contributed by atoms with Crippen LogP contribution in [0.15, 0.2) is 71.8 Å². The number of methoxy groups -OCH3 is 1. The summed E-state index contributed by atoms with van der Waals surface area (Å²) in [5, 5.41) is 5.82. The van der Waals surface area contributed by atoms with Crippen LogP contribution in [0.25, 0.3) is 10.2 Å². The average Bonchev–Trinajstić information content (AvgIpc) is 3.46. The van der Waals surface area contributed by atoms with Gasteiger partial charge in [0.2, 0.25) is 16.9 Å². The van der Waals surface area contributed by atoms with Gasteiger partial charge in [0.15, 0.2) is 0 Å². The van der Waals surface area contributed by atoms with E-state index >= 15 is 0 Å². The minimum Gasteiger partial charge on any atom is -0.497 e. The highest BCUT2D eigenvalue weighted by molar-refractivity contribution is 7.22. The van der Waals surface area contributed by atoms with E-state index in [9.17, 15) is 18.8 Å². The van der Waals surface area contributed by atoms with Gasteiger partial charge in [0.25, 0.3) is 5.91 Å². The van der Waals surface area contributed by atoms with E-state index in [1.807, 2.05) is 6.07 Å². The Morgan fingerprint density at radius 2 is 1.83 bits per heavy atom. The first kappa shape index (κ1) is 23.3. The van der Waals surface area contributed by atoms with E-state index < -0.39 is 5.91 Å². The van der Waals surface area contributed by atoms with Crippen LogP contribution in [0.1, 0.15) is 28.8 Å². The highest BCUT2D eigenvalue weighted by Crippen LogP contribution is 2.33. The molecule has 0 aliphatic carbocycles. The fourth-order valence-corrected chi connectivity index (χ4v) is 4.69. The van der Waals surface area contributed by atoms with Crippen molar-refractivity contribution < 1.29 is 23.5 Å². The molecule has 1 aromatic heterocycles. The second-order valence-electron chi connectivity index (χ2n) is 7.92. The molecular formula is C26H19FN4O4S. The lowest BCUT2D eigenvalue weighted by Gasteiger charge is -2.17. The Morgan fingerprint density at radius 3 is 2.56 bits per heavy atom. The van der Waals surface area contributed by atoms with Crippen LogP contribution in [0.2, 0.25) is 0 Å². The Kier molecular flexibility index (Phi) is 6.26. The minimum atomic E-state index is -0.514. The molecule has 4 aromatic rings. The highest BCUT2D eigenvalue weighted by atomic mass is 32.1. The van der Waals surface area contributed by atoms with Gasteiger partial charge < -0.3 is 4.74 Å². The van der Waals surface area contributed by atoms with Gasteiger partial charge in [0.05, 0.1) is 29.2 Å². The van der Waals surface area contributed by atoms with Crippen LogP contribution in [0.3, 0.4) is 0 Å². The molecular weight excluding hydrogens is 483 g/mol. The summed E-state index contributed by atoms with van der Waals surface area (Å²) < 4.78 is 19.4. The third-order valence-electron chi connectivity index (χ3n) is 5.55. The fourth-order valence-electron chi connectivity index (χ4n) is 3.74. The predicted molar refractivity (Wildman–Crippen MR) is 135 cm³/mol. The molecule has 1 fully saturated rings. The number of thiazole rings is 1. The largest absolute Gasteiger partial charge is 0.497 e. The summed E-state index contributed by atoms with van der Waals surface area (Å²) >= 11 is 1.25. The van der Waals surface area contributed by atoms with Crippen LogP contribution in [0.5, 0.6) is 5.75 Å². The topological polar surface area (TPSA) is 92.2 Å². The van der Waals surface area contributed by atoms with Crippen molar-refractivity contribution in [1.82, 2.24) is 4.98 Å². The Labute approximate surface area is 209 Å². The van der Waals surface area contributed by atoms with Gasteiger partial charge >= 0.3 is 0 Å². The summed E-state index contributed by atoms with van der Waals surface area (Å²) in [7, 11) is 1.56. The number of ether oxygens (including phenoxy) is 1. The van der Waals surface area contributed by atoms with Crippen molar-refractivity contribution in [2.24, 2.45) is 5.10 Å². The molecule has 0 atom stereocenters. The molecule has 0 N–H and O–H groups in total. The molecule has 36 heavy (non-hydrogen) atoms. The van der Waals surface area contributed by atoms with Gasteiger partial charge in [-0.15, -0.1) is 0 Å². The van der Waals surface area contributed by atoms with Gasteiger partial charge in [0.1, 0.15) is 11.6 Å². The summed E-state index contributed by atoms with van der Waals surface area (Å²) in [5.41, 5.74) is 1.78. The Hall–Kier alpha value is -4.44. The second kappa shape index (κ2) is 9.67. The molecule has 5 rings (SSSR count). The SMILES string of the molecule is COc1ccc2nc(N(/N=C/c3ccc(F)cc3)C(=O)c3cccc(N4C(=O)CCC4=O)c3)sc2c1. The lowest BCUT2D eigenvalue weighted by atomic mass is 10.1. The van der Waals surface area contributed by atoms with Gasteiger partial charge in [-0.1, -0.05) is 29.5 Å². The summed E-state index contributed by atoms with van der Waals surface area (Å²) in [5.74, 6) is -0.867. The molecule has 3 aromatic carbocycles. The maximum atomic E-state index is 13.7. The highest BCUT2D eigenvalue weighted by Gasteiger charge is 2.31. The van der Waals surface area contributed by atoms with Crippen molar-refractivity contribution >= 4 is 56.3 Å². The molecule has 3 amide bonds. The standard InChI is InChI=1S/C26H19FN4O4S/c1-35-20-9-10-21-22(14-20)36-26(29-21)31(28-15-16-5-7-18(27)8-6-16)25(34)17-3-2-4-19(13-17)30-23(32)11-12-24(30)33/h2-10,13-15H,11-12H2,1H3/b28-15+. The number of fused-ring (bicyclic) bond motifs is 1. The first-order chi connectivity index (χ1) is 17.4. The minimum absolute atomic E-state index is 0.139. The Bertz CT molecular complexity index is 1500. The van der Waals surface area contributed by atoms with Crippen LogP contribution in [-0.4, -0.2) is 36.0 Å². The van der Waals surface area contributed by atoms with Gasteiger partial charge in [-0.3, -0.25) is 19.3 Å². The third kappa shape index (κ3) is 4.58. The summed E-state index contributed by atoms with van der Waals surface area (Å²) in [6.07, 6.45) is 1.71. The van der Waals surface area contributed by atoms with E-state index in [4.69, 9.17) is 4.74 Å². The Balaban J connectivity index is 1.54. The summed E-state index contributed by atoms with van der Waals surface area (Å²) in [4.78, 5) is 43.7. The number of carbonyl (C=O) groups is 3. The monoisotopic (exact) mass is 502 g/mol. The van der Waals surface area contributed by atoms with E-state index in [2.05, 4.69) is 10.1 Å². The number of nitrogens with zero attached hydrogens (tertiary/aromatic N) is 4.